The average Bonchev–Trinajstić information content (AvgIpc) is 3.13. The predicted molar refractivity (Wildman–Crippen MR) is 99.3 cm³/mol. The number of hydrogen-bond acceptors (Lipinski definition) is 4. The molecule has 3 aromatic rings. The Balaban J connectivity index is 2.17. The van der Waals surface area contributed by atoms with Crippen molar-refractivity contribution >= 4 is 11.7 Å². The van der Waals surface area contributed by atoms with Crippen LogP contribution in [0.2, 0.25) is 0 Å². The number of nitrogens with zero attached hydrogens (tertiary/aromatic N) is 1. The molecule has 0 radical (unpaired) electrons. The summed E-state index contributed by atoms with van der Waals surface area (Å²) in [6.45, 7) is 1.75. The molecule has 0 spiro atoms. The molecule has 0 aliphatic heterocycles. The van der Waals surface area contributed by atoms with E-state index in [0.29, 0.717) is 22.4 Å². The Labute approximate surface area is 163 Å². The van der Waals surface area contributed by atoms with E-state index in [1.165, 1.54) is 36.5 Å². The molecule has 0 atom stereocenters. The molecule has 1 N–H and O–H groups in total. The number of nitro groups is 1. The van der Waals surface area contributed by atoms with Crippen LogP contribution in [0.15, 0.2) is 54.7 Å². The summed E-state index contributed by atoms with van der Waals surface area (Å²) in [5.74, 6) is -0.650. The van der Waals surface area contributed by atoms with E-state index in [1.807, 2.05) is 0 Å². The largest absolute Gasteiger partial charge is 0.462 e. The van der Waals surface area contributed by atoms with Gasteiger partial charge in [-0.3, -0.25) is 10.1 Å². The van der Waals surface area contributed by atoms with Gasteiger partial charge in [-0.15, -0.1) is 0 Å². The molecule has 0 unspecified atom stereocenters. The van der Waals surface area contributed by atoms with Crippen molar-refractivity contribution in [2.75, 3.05) is 6.61 Å². The number of carbonyl (C=O) groups excluding carboxylic acids is 1. The molecular formula is C20H15F3N2O4. The smallest absolute Gasteiger partial charge is 0.416 e. The third kappa shape index (κ3) is 4.13. The first-order chi connectivity index (χ1) is 13.7. The van der Waals surface area contributed by atoms with Gasteiger partial charge in [-0.05, 0) is 30.2 Å². The van der Waals surface area contributed by atoms with Crippen molar-refractivity contribution < 1.29 is 27.6 Å². The highest BCUT2D eigenvalue weighted by molar-refractivity contribution is 6.02. The normalized spacial score (nSPS) is 11.3. The number of aromatic amines is 1. The zero-order chi connectivity index (χ0) is 21.2. The molecule has 0 amide bonds. The molecule has 1 aromatic heterocycles. The number of non-ortho nitro benzene ring substituents is 1. The summed E-state index contributed by atoms with van der Waals surface area (Å²) in [4.78, 5) is 25.8. The van der Waals surface area contributed by atoms with Crippen LogP contribution in [0.25, 0.3) is 22.4 Å². The molecule has 0 saturated carbocycles. The maximum Gasteiger partial charge on any atom is 0.416 e. The van der Waals surface area contributed by atoms with Gasteiger partial charge in [0, 0.05) is 23.9 Å². The molecule has 9 heteroatoms. The molecule has 0 bridgehead atoms. The van der Waals surface area contributed by atoms with E-state index in [4.69, 9.17) is 4.74 Å². The van der Waals surface area contributed by atoms with E-state index < -0.39 is 22.6 Å². The highest BCUT2D eigenvalue weighted by Crippen LogP contribution is 2.37. The summed E-state index contributed by atoms with van der Waals surface area (Å²) in [6.07, 6.45) is -3.10. The minimum Gasteiger partial charge on any atom is -0.462 e. The minimum atomic E-state index is -4.48. The summed E-state index contributed by atoms with van der Waals surface area (Å²) in [5, 5.41) is 11.1. The van der Waals surface area contributed by atoms with Crippen molar-refractivity contribution in [3.05, 3.63) is 76.0 Å². The number of halogens is 3. The summed E-state index contributed by atoms with van der Waals surface area (Å²) in [5.41, 5.74) is 0.539. The van der Waals surface area contributed by atoms with Crippen LogP contribution in [0.1, 0.15) is 22.8 Å². The van der Waals surface area contributed by atoms with Crippen LogP contribution in [-0.4, -0.2) is 22.5 Å². The molecule has 6 nitrogen and oxygen atoms in total. The number of rotatable bonds is 5. The lowest BCUT2D eigenvalue weighted by molar-refractivity contribution is -0.384. The molecular weight excluding hydrogens is 389 g/mol. The van der Waals surface area contributed by atoms with Crippen LogP contribution >= 0.6 is 0 Å². The first-order valence-electron chi connectivity index (χ1n) is 8.53. The van der Waals surface area contributed by atoms with Crippen LogP contribution in [0.4, 0.5) is 18.9 Å². The zero-order valence-corrected chi connectivity index (χ0v) is 15.1. The fourth-order valence-corrected chi connectivity index (χ4v) is 2.92. The van der Waals surface area contributed by atoms with Gasteiger partial charge >= 0.3 is 12.1 Å². The lowest BCUT2D eigenvalue weighted by atomic mass is 9.97. The number of aromatic nitrogens is 1. The lowest BCUT2D eigenvalue weighted by Crippen LogP contribution is -2.05. The van der Waals surface area contributed by atoms with Crippen molar-refractivity contribution in [2.45, 2.75) is 13.1 Å². The maximum atomic E-state index is 12.8. The van der Waals surface area contributed by atoms with Gasteiger partial charge in [-0.1, -0.05) is 24.3 Å². The molecule has 0 fully saturated rings. The van der Waals surface area contributed by atoms with Crippen molar-refractivity contribution in [3.8, 4) is 22.4 Å². The second-order valence-corrected chi connectivity index (χ2v) is 6.06. The number of nitrogens with one attached hydrogen (secondary N) is 1. The Morgan fingerprint density at radius 2 is 1.83 bits per heavy atom. The van der Waals surface area contributed by atoms with Crippen molar-refractivity contribution in [1.82, 2.24) is 4.98 Å². The summed E-state index contributed by atoms with van der Waals surface area (Å²) in [7, 11) is 0. The number of nitro benzene ring substituents is 1. The van der Waals surface area contributed by atoms with Crippen molar-refractivity contribution in [3.63, 3.8) is 0 Å². The van der Waals surface area contributed by atoms with E-state index in [0.717, 1.165) is 12.1 Å². The maximum absolute atomic E-state index is 12.8. The molecule has 0 saturated heterocycles. The van der Waals surface area contributed by atoms with Crippen LogP contribution < -0.4 is 0 Å². The highest BCUT2D eigenvalue weighted by atomic mass is 19.4. The third-order valence-corrected chi connectivity index (χ3v) is 4.22. The Morgan fingerprint density at radius 3 is 2.41 bits per heavy atom. The van der Waals surface area contributed by atoms with E-state index in [-0.39, 0.29) is 17.9 Å². The monoisotopic (exact) mass is 404 g/mol. The van der Waals surface area contributed by atoms with Crippen LogP contribution in [0.3, 0.4) is 0 Å². The van der Waals surface area contributed by atoms with E-state index in [2.05, 4.69) is 4.98 Å². The number of ether oxygens (including phenoxy) is 1. The Morgan fingerprint density at radius 1 is 1.14 bits per heavy atom. The lowest BCUT2D eigenvalue weighted by Gasteiger charge is -2.10. The number of carbonyl (C=O) groups is 1. The summed E-state index contributed by atoms with van der Waals surface area (Å²) in [6, 6.07) is 10.0. The SMILES string of the molecule is CCOC(=O)c1c[nH]c(-c2ccc(C(F)(F)F)cc2)c1-c1cccc([N+](=O)[O-])c1. The molecule has 150 valence electrons. The molecule has 2 aromatic carbocycles. The van der Waals surface area contributed by atoms with E-state index in [1.54, 1.807) is 13.0 Å². The second kappa shape index (κ2) is 7.78. The number of H-pyrrole nitrogens is 1. The van der Waals surface area contributed by atoms with Gasteiger partial charge in [0.2, 0.25) is 0 Å². The van der Waals surface area contributed by atoms with Crippen LogP contribution in [0.5, 0.6) is 0 Å². The molecule has 0 aliphatic carbocycles. The fourth-order valence-electron chi connectivity index (χ4n) is 2.92. The topological polar surface area (TPSA) is 85.2 Å². The molecule has 0 aliphatic rings. The Hall–Kier alpha value is -3.62. The fraction of sp³-hybridized carbons (Fsp3) is 0.150. The van der Waals surface area contributed by atoms with Gasteiger partial charge in [0.15, 0.2) is 0 Å². The highest BCUT2D eigenvalue weighted by Gasteiger charge is 2.30. The van der Waals surface area contributed by atoms with Gasteiger partial charge in [0.1, 0.15) is 0 Å². The standard InChI is InChI=1S/C20H15F3N2O4/c1-2-29-19(26)16-11-24-18(12-6-8-14(9-7-12)20(21,22)23)17(16)13-4-3-5-15(10-13)25(27)28/h3-11,24H,2H2,1H3. The van der Waals surface area contributed by atoms with E-state index in [9.17, 15) is 28.1 Å². The number of esters is 1. The molecule has 29 heavy (non-hydrogen) atoms. The van der Waals surface area contributed by atoms with Gasteiger partial charge < -0.3 is 9.72 Å². The molecule has 1 heterocycles. The van der Waals surface area contributed by atoms with E-state index >= 15 is 0 Å². The number of benzene rings is 2. The predicted octanol–water partition coefficient (Wildman–Crippen LogP) is 5.45. The quantitative estimate of drug-likeness (QED) is 0.348. The van der Waals surface area contributed by atoms with Gasteiger partial charge in [0.25, 0.3) is 5.69 Å². The van der Waals surface area contributed by atoms with Crippen LogP contribution in [0, 0.1) is 10.1 Å². The van der Waals surface area contributed by atoms with Gasteiger partial charge in [-0.25, -0.2) is 4.79 Å². The number of alkyl halides is 3. The molecule has 3 rings (SSSR count). The first kappa shape index (κ1) is 20.1. The summed E-state index contributed by atoms with van der Waals surface area (Å²) < 4.78 is 43.6. The number of hydrogen-bond donors (Lipinski definition) is 1. The Kier molecular flexibility index (Phi) is 5.40. The van der Waals surface area contributed by atoms with Crippen LogP contribution in [-0.2, 0) is 10.9 Å². The Bertz CT molecular complexity index is 1060. The third-order valence-electron chi connectivity index (χ3n) is 4.22. The first-order valence-corrected chi connectivity index (χ1v) is 8.53. The second-order valence-electron chi connectivity index (χ2n) is 6.06. The average molecular weight is 404 g/mol. The van der Waals surface area contributed by atoms with Gasteiger partial charge in [-0.2, -0.15) is 13.2 Å². The van der Waals surface area contributed by atoms with Gasteiger partial charge in [0.05, 0.1) is 28.4 Å². The summed E-state index contributed by atoms with van der Waals surface area (Å²) >= 11 is 0. The zero-order valence-electron chi connectivity index (χ0n) is 15.1. The minimum absolute atomic E-state index is 0.119. The van der Waals surface area contributed by atoms with Crippen molar-refractivity contribution in [2.24, 2.45) is 0 Å². The van der Waals surface area contributed by atoms with Crippen molar-refractivity contribution in [1.29, 1.82) is 0 Å².